The van der Waals surface area contributed by atoms with E-state index in [4.69, 9.17) is 5.73 Å². The summed E-state index contributed by atoms with van der Waals surface area (Å²) in [6.07, 6.45) is 1.10. The molecule has 2 aromatic rings. The molecule has 2 unspecified atom stereocenters. The van der Waals surface area contributed by atoms with Gasteiger partial charge in [0.1, 0.15) is 0 Å². The van der Waals surface area contributed by atoms with Gasteiger partial charge in [-0.2, -0.15) is 0 Å². The van der Waals surface area contributed by atoms with Crippen molar-refractivity contribution in [2.45, 2.75) is 32.4 Å². The molecule has 2 atom stereocenters. The fourth-order valence-electron chi connectivity index (χ4n) is 2.41. The van der Waals surface area contributed by atoms with Crippen LogP contribution in [0.25, 0.3) is 0 Å². The molecule has 0 aliphatic heterocycles. The second-order valence-corrected chi connectivity index (χ2v) is 7.06. The second kappa shape index (κ2) is 6.66. The van der Waals surface area contributed by atoms with E-state index in [-0.39, 0.29) is 6.04 Å². The first-order valence-electron chi connectivity index (χ1n) is 6.61. The number of nitrogens with two attached hydrogens (primary N) is 1. The summed E-state index contributed by atoms with van der Waals surface area (Å²) in [5.41, 5.74) is 7.57. The Morgan fingerprint density at radius 3 is 2.58 bits per heavy atom. The lowest BCUT2D eigenvalue weighted by molar-refractivity contribution is 0.225. The summed E-state index contributed by atoms with van der Waals surface area (Å²) in [4.78, 5) is 5.24. The molecule has 0 aliphatic rings. The van der Waals surface area contributed by atoms with Gasteiger partial charge in [-0.25, -0.2) is 0 Å². The average Bonchev–Trinajstić information content (AvgIpc) is 2.99. The van der Waals surface area contributed by atoms with Crippen LogP contribution in [0.2, 0.25) is 0 Å². The summed E-state index contributed by atoms with van der Waals surface area (Å²) in [5.74, 6) is 0. The summed E-state index contributed by atoms with van der Waals surface area (Å²) in [6, 6.07) is 6.97. The summed E-state index contributed by atoms with van der Waals surface area (Å²) >= 11 is 3.65. The quantitative estimate of drug-likeness (QED) is 0.880. The maximum Gasteiger partial charge on any atom is 0.0591 e. The third-order valence-electron chi connectivity index (χ3n) is 3.43. The number of hydrogen-bond acceptors (Lipinski definition) is 4. The first-order chi connectivity index (χ1) is 9.09. The largest absolute Gasteiger partial charge is 0.326 e. The highest BCUT2D eigenvalue weighted by Gasteiger charge is 2.23. The lowest BCUT2D eigenvalue weighted by Gasteiger charge is -2.31. The molecule has 0 saturated carbocycles. The Bertz CT molecular complexity index is 488. The molecule has 19 heavy (non-hydrogen) atoms. The molecule has 2 heterocycles. The van der Waals surface area contributed by atoms with Gasteiger partial charge in [0.15, 0.2) is 0 Å². The average molecular weight is 294 g/mol. The Balaban J connectivity index is 2.05. The zero-order valence-electron chi connectivity index (χ0n) is 11.8. The van der Waals surface area contributed by atoms with Gasteiger partial charge in [0.2, 0.25) is 0 Å². The summed E-state index contributed by atoms with van der Waals surface area (Å²) in [7, 11) is 2.18. The van der Waals surface area contributed by atoms with Crippen LogP contribution in [-0.4, -0.2) is 24.5 Å². The minimum atomic E-state index is 0.144. The Morgan fingerprint density at radius 1 is 1.26 bits per heavy atom. The van der Waals surface area contributed by atoms with Crippen molar-refractivity contribution in [1.82, 2.24) is 4.90 Å². The molecule has 0 fully saturated rings. The van der Waals surface area contributed by atoms with Crippen molar-refractivity contribution in [3.05, 3.63) is 44.3 Å². The Hall–Kier alpha value is -0.680. The van der Waals surface area contributed by atoms with Gasteiger partial charge in [0.05, 0.1) is 6.04 Å². The van der Waals surface area contributed by atoms with E-state index in [1.54, 1.807) is 0 Å². The zero-order valence-corrected chi connectivity index (χ0v) is 13.4. The van der Waals surface area contributed by atoms with Crippen LogP contribution < -0.4 is 5.73 Å². The Kier molecular flexibility index (Phi) is 5.16. The molecular weight excluding hydrogens is 272 g/mol. The van der Waals surface area contributed by atoms with Crippen LogP contribution in [0.5, 0.6) is 0 Å². The number of hydrogen-bond donors (Lipinski definition) is 1. The van der Waals surface area contributed by atoms with Crippen LogP contribution in [0.3, 0.4) is 0 Å². The van der Waals surface area contributed by atoms with E-state index in [2.05, 4.69) is 54.8 Å². The normalized spacial score (nSPS) is 14.8. The van der Waals surface area contributed by atoms with E-state index in [9.17, 15) is 0 Å². The van der Waals surface area contributed by atoms with Gasteiger partial charge in [-0.15, -0.1) is 22.7 Å². The van der Waals surface area contributed by atoms with Crippen molar-refractivity contribution < 1.29 is 0 Å². The van der Waals surface area contributed by atoms with E-state index >= 15 is 0 Å². The molecule has 0 spiro atoms. The number of likely N-dealkylation sites (N-methyl/N-ethyl adjacent to an activating group) is 1. The molecule has 2 aromatic heterocycles. The number of nitrogens with zero attached hydrogens (tertiary/aromatic N) is 1. The molecule has 0 bridgehead atoms. The maximum absolute atomic E-state index is 6.21. The van der Waals surface area contributed by atoms with Crippen molar-refractivity contribution in [3.63, 3.8) is 0 Å². The van der Waals surface area contributed by atoms with Crippen molar-refractivity contribution in [3.8, 4) is 0 Å². The second-order valence-electron chi connectivity index (χ2n) is 5.08. The highest BCUT2D eigenvalue weighted by molar-refractivity contribution is 7.10. The molecule has 2 rings (SSSR count). The van der Waals surface area contributed by atoms with Gasteiger partial charge < -0.3 is 5.73 Å². The van der Waals surface area contributed by atoms with E-state index in [1.165, 1.54) is 15.3 Å². The lowest BCUT2D eigenvalue weighted by Crippen LogP contribution is -2.38. The molecular formula is C15H22N2S2. The van der Waals surface area contributed by atoms with Crippen LogP contribution in [0.15, 0.2) is 29.0 Å². The van der Waals surface area contributed by atoms with Crippen LogP contribution in [0.1, 0.15) is 28.3 Å². The van der Waals surface area contributed by atoms with Gasteiger partial charge in [-0.05, 0) is 55.8 Å². The molecule has 2 nitrogen and oxygen atoms in total. The van der Waals surface area contributed by atoms with Crippen molar-refractivity contribution >= 4 is 22.7 Å². The fourth-order valence-corrected chi connectivity index (χ4v) is 4.31. The van der Waals surface area contributed by atoms with Gasteiger partial charge in [0.25, 0.3) is 0 Å². The first kappa shape index (κ1) is 14.7. The standard InChI is InChI=1S/C15H22N2S2/c1-11-7-10-19-15(11)14(12(2)16)17(3)8-6-13-5-4-9-18-13/h4-5,7,9-10,12,14H,6,8,16H2,1-3H3. The predicted molar refractivity (Wildman–Crippen MR) is 86.1 cm³/mol. The SMILES string of the molecule is Cc1ccsc1C(C(C)N)N(C)CCc1cccs1. The number of rotatable bonds is 6. The number of thiophene rings is 2. The highest BCUT2D eigenvalue weighted by Crippen LogP contribution is 2.30. The Morgan fingerprint density at radius 2 is 2.05 bits per heavy atom. The van der Waals surface area contributed by atoms with E-state index in [0.717, 1.165) is 13.0 Å². The van der Waals surface area contributed by atoms with Gasteiger partial charge >= 0.3 is 0 Å². The number of aryl methyl sites for hydroxylation is 1. The van der Waals surface area contributed by atoms with E-state index in [0.29, 0.717) is 6.04 Å². The fraction of sp³-hybridized carbons (Fsp3) is 0.467. The summed E-state index contributed by atoms with van der Waals surface area (Å²) in [5, 5.41) is 4.30. The Labute approximate surface area is 123 Å². The van der Waals surface area contributed by atoms with Crippen molar-refractivity contribution in [2.75, 3.05) is 13.6 Å². The van der Waals surface area contributed by atoms with Crippen LogP contribution >= 0.6 is 22.7 Å². The van der Waals surface area contributed by atoms with Crippen molar-refractivity contribution in [2.24, 2.45) is 5.73 Å². The third kappa shape index (κ3) is 3.66. The first-order valence-corrected chi connectivity index (χ1v) is 8.37. The summed E-state index contributed by atoms with van der Waals surface area (Å²) < 4.78 is 0. The van der Waals surface area contributed by atoms with E-state index in [1.807, 2.05) is 22.7 Å². The monoisotopic (exact) mass is 294 g/mol. The molecule has 0 amide bonds. The van der Waals surface area contributed by atoms with Gasteiger partial charge in [-0.1, -0.05) is 6.07 Å². The highest BCUT2D eigenvalue weighted by atomic mass is 32.1. The van der Waals surface area contributed by atoms with Crippen LogP contribution in [0, 0.1) is 6.92 Å². The molecule has 0 aromatic carbocycles. The zero-order chi connectivity index (χ0) is 13.8. The molecule has 2 N–H and O–H groups in total. The summed E-state index contributed by atoms with van der Waals surface area (Å²) in [6.45, 7) is 5.32. The smallest absolute Gasteiger partial charge is 0.0591 e. The minimum Gasteiger partial charge on any atom is -0.326 e. The molecule has 0 radical (unpaired) electrons. The van der Waals surface area contributed by atoms with Crippen LogP contribution in [-0.2, 0) is 6.42 Å². The van der Waals surface area contributed by atoms with Crippen molar-refractivity contribution in [1.29, 1.82) is 0 Å². The van der Waals surface area contributed by atoms with Crippen LogP contribution in [0.4, 0.5) is 0 Å². The lowest BCUT2D eigenvalue weighted by atomic mass is 10.0. The minimum absolute atomic E-state index is 0.144. The van der Waals surface area contributed by atoms with Gasteiger partial charge in [0, 0.05) is 22.3 Å². The van der Waals surface area contributed by atoms with E-state index < -0.39 is 0 Å². The molecule has 0 aliphatic carbocycles. The third-order valence-corrected chi connectivity index (χ3v) is 5.46. The van der Waals surface area contributed by atoms with Gasteiger partial charge in [-0.3, -0.25) is 4.90 Å². The maximum atomic E-state index is 6.21. The molecule has 4 heteroatoms. The molecule has 0 saturated heterocycles. The molecule has 104 valence electrons. The topological polar surface area (TPSA) is 29.3 Å². The predicted octanol–water partition coefficient (Wildman–Crippen LogP) is 3.68.